The second-order valence-electron chi connectivity index (χ2n) is 6.33. The maximum atomic E-state index is 13.1. The minimum atomic E-state index is -0.111. The van der Waals surface area contributed by atoms with Crippen LogP contribution < -0.4 is 5.43 Å². The first-order valence-corrected chi connectivity index (χ1v) is 8.45. The molecule has 0 bridgehead atoms. The van der Waals surface area contributed by atoms with Crippen LogP contribution in [0.3, 0.4) is 0 Å². The second-order valence-corrected chi connectivity index (χ2v) is 6.33. The van der Waals surface area contributed by atoms with Crippen molar-refractivity contribution in [2.75, 3.05) is 5.43 Å². The summed E-state index contributed by atoms with van der Waals surface area (Å²) in [7, 11) is 0. The fraction of sp³-hybridized carbons (Fsp3) is 0.150. The molecule has 0 radical (unpaired) electrons. The van der Waals surface area contributed by atoms with Crippen LogP contribution in [0.25, 0.3) is 21.9 Å². The summed E-state index contributed by atoms with van der Waals surface area (Å²) in [6.07, 6.45) is 4.54. The summed E-state index contributed by atoms with van der Waals surface area (Å²) in [5, 5.41) is 0.907. The fourth-order valence-corrected chi connectivity index (χ4v) is 3.68. The van der Waals surface area contributed by atoms with Gasteiger partial charge in [0.2, 0.25) is 0 Å². The number of rotatable bonds is 2. The molecule has 5 rings (SSSR count). The maximum Gasteiger partial charge on any atom is 0.271 e. The van der Waals surface area contributed by atoms with E-state index in [-0.39, 0.29) is 5.91 Å². The number of carbonyl (C=O) groups is 1. The minimum Gasteiger partial charge on any atom is -0.267 e. The summed E-state index contributed by atoms with van der Waals surface area (Å²) in [5.74, 6) is -0.111. The van der Waals surface area contributed by atoms with Gasteiger partial charge in [-0.25, -0.2) is 9.66 Å². The highest BCUT2D eigenvalue weighted by atomic mass is 16.2. The number of pyridine rings is 1. The summed E-state index contributed by atoms with van der Waals surface area (Å²) in [4.78, 5) is 22.2. The van der Waals surface area contributed by atoms with Gasteiger partial charge in [-0.2, -0.15) is 0 Å². The second kappa shape index (κ2) is 5.41. The van der Waals surface area contributed by atoms with Gasteiger partial charge in [-0.05, 0) is 43.0 Å². The first-order valence-electron chi connectivity index (χ1n) is 8.45. The van der Waals surface area contributed by atoms with Crippen molar-refractivity contribution in [1.29, 1.82) is 0 Å². The quantitative estimate of drug-likeness (QED) is 0.613. The normalized spacial score (nSPS) is 13.3. The highest BCUT2D eigenvalue weighted by Gasteiger charge is 2.24. The van der Waals surface area contributed by atoms with Crippen LogP contribution >= 0.6 is 0 Å². The van der Waals surface area contributed by atoms with Crippen molar-refractivity contribution >= 4 is 27.8 Å². The molecule has 0 aliphatic heterocycles. The molecular weight excluding hydrogens is 312 g/mol. The van der Waals surface area contributed by atoms with Crippen molar-refractivity contribution in [1.82, 2.24) is 14.6 Å². The van der Waals surface area contributed by atoms with Gasteiger partial charge in [0, 0.05) is 11.1 Å². The molecule has 2 aromatic carbocycles. The van der Waals surface area contributed by atoms with Crippen molar-refractivity contribution in [2.45, 2.75) is 19.3 Å². The van der Waals surface area contributed by atoms with Crippen molar-refractivity contribution in [2.24, 2.45) is 0 Å². The summed E-state index contributed by atoms with van der Waals surface area (Å²) in [6, 6.07) is 15.6. The van der Waals surface area contributed by atoms with Crippen molar-refractivity contribution in [3.05, 3.63) is 71.7 Å². The smallest absolute Gasteiger partial charge is 0.267 e. The Bertz CT molecular complexity index is 1130. The number of nitrogens with zero attached hydrogens (tertiary/aromatic N) is 3. The molecule has 5 heteroatoms. The molecule has 0 spiro atoms. The molecule has 2 heterocycles. The van der Waals surface area contributed by atoms with E-state index in [2.05, 4.69) is 10.4 Å². The number of hydrogen-bond donors (Lipinski definition) is 1. The molecule has 1 aliphatic rings. The van der Waals surface area contributed by atoms with Crippen LogP contribution in [0.2, 0.25) is 0 Å². The molecule has 5 nitrogen and oxygen atoms in total. The first-order chi connectivity index (χ1) is 12.3. The Kier molecular flexibility index (Phi) is 3.06. The molecular formula is C20H16N4O. The van der Waals surface area contributed by atoms with Gasteiger partial charge >= 0.3 is 0 Å². The van der Waals surface area contributed by atoms with Gasteiger partial charge in [0.1, 0.15) is 6.33 Å². The van der Waals surface area contributed by atoms with Crippen LogP contribution in [-0.2, 0) is 12.8 Å². The van der Waals surface area contributed by atoms with Gasteiger partial charge in [0.15, 0.2) is 0 Å². The Morgan fingerprint density at radius 3 is 2.72 bits per heavy atom. The van der Waals surface area contributed by atoms with Crippen LogP contribution in [0.1, 0.15) is 28.0 Å². The van der Waals surface area contributed by atoms with Gasteiger partial charge in [-0.1, -0.05) is 30.3 Å². The van der Waals surface area contributed by atoms with E-state index in [0.717, 1.165) is 58.0 Å². The molecule has 0 unspecified atom stereocenters. The number of hydrogen-bond acceptors (Lipinski definition) is 3. The van der Waals surface area contributed by atoms with E-state index in [9.17, 15) is 4.79 Å². The lowest BCUT2D eigenvalue weighted by atomic mass is 10.0. The largest absolute Gasteiger partial charge is 0.271 e. The molecule has 0 saturated heterocycles. The van der Waals surface area contributed by atoms with Crippen LogP contribution in [0.15, 0.2) is 54.9 Å². The minimum absolute atomic E-state index is 0.111. The third-order valence-electron chi connectivity index (χ3n) is 4.82. The van der Waals surface area contributed by atoms with Gasteiger partial charge in [-0.15, -0.1) is 0 Å². The van der Waals surface area contributed by atoms with Crippen molar-refractivity contribution in [3.63, 3.8) is 0 Å². The number of aromatic nitrogens is 3. The average molecular weight is 328 g/mol. The van der Waals surface area contributed by atoms with E-state index in [1.54, 1.807) is 11.0 Å². The number of aryl methyl sites for hydroxylation is 1. The number of amides is 1. The number of nitrogens with one attached hydrogen (secondary N) is 1. The topological polar surface area (TPSA) is 59.8 Å². The fourth-order valence-electron chi connectivity index (χ4n) is 3.68. The van der Waals surface area contributed by atoms with E-state index < -0.39 is 0 Å². The standard InChI is InChI=1S/C20H16N4O/c25-20(23-24-12-21-17-9-3-4-11-18(17)24)19-13-6-1-2-8-15(13)22-16-10-5-7-14(16)19/h1-4,6,8-9,11-12H,5,7,10H2,(H,23,25). The molecule has 4 aromatic rings. The molecule has 25 heavy (non-hydrogen) atoms. The molecule has 1 amide bonds. The summed E-state index contributed by atoms with van der Waals surface area (Å²) < 4.78 is 1.69. The lowest BCUT2D eigenvalue weighted by Gasteiger charge is -2.13. The molecule has 1 aliphatic carbocycles. The van der Waals surface area contributed by atoms with E-state index >= 15 is 0 Å². The Labute approximate surface area is 144 Å². The first kappa shape index (κ1) is 14.2. The molecule has 2 aromatic heterocycles. The number of fused-ring (bicyclic) bond motifs is 3. The van der Waals surface area contributed by atoms with E-state index in [4.69, 9.17) is 4.98 Å². The molecule has 0 atom stereocenters. The van der Waals surface area contributed by atoms with Crippen molar-refractivity contribution < 1.29 is 4.79 Å². The van der Waals surface area contributed by atoms with E-state index in [1.165, 1.54) is 0 Å². The summed E-state index contributed by atoms with van der Waals surface area (Å²) in [6.45, 7) is 0. The number of para-hydroxylation sites is 3. The lowest BCUT2D eigenvalue weighted by Crippen LogP contribution is -2.23. The third kappa shape index (κ3) is 2.20. The van der Waals surface area contributed by atoms with Gasteiger partial charge in [0.05, 0.1) is 22.1 Å². The Hall–Kier alpha value is -3.21. The Morgan fingerprint density at radius 1 is 1.00 bits per heavy atom. The van der Waals surface area contributed by atoms with Gasteiger partial charge in [0.25, 0.3) is 5.91 Å². The highest BCUT2D eigenvalue weighted by molar-refractivity contribution is 6.11. The Balaban J connectivity index is 1.64. The predicted octanol–water partition coefficient (Wildman–Crippen LogP) is 3.46. The molecule has 1 N–H and O–H groups in total. The van der Waals surface area contributed by atoms with E-state index in [1.807, 2.05) is 48.5 Å². The zero-order valence-electron chi connectivity index (χ0n) is 13.6. The maximum absolute atomic E-state index is 13.1. The number of benzene rings is 2. The average Bonchev–Trinajstić information content (AvgIpc) is 3.26. The van der Waals surface area contributed by atoms with Crippen LogP contribution in [0.4, 0.5) is 0 Å². The molecule has 0 saturated carbocycles. The monoisotopic (exact) mass is 328 g/mol. The van der Waals surface area contributed by atoms with Gasteiger partial charge in [-0.3, -0.25) is 15.2 Å². The van der Waals surface area contributed by atoms with Crippen molar-refractivity contribution in [3.8, 4) is 0 Å². The predicted molar refractivity (Wildman–Crippen MR) is 97.2 cm³/mol. The van der Waals surface area contributed by atoms with Crippen LogP contribution in [-0.4, -0.2) is 20.6 Å². The Morgan fingerprint density at radius 2 is 1.80 bits per heavy atom. The number of imidazole rings is 1. The SMILES string of the molecule is O=C(Nn1cnc2ccccc21)c1c2c(nc3ccccc13)CCC2. The third-order valence-corrected chi connectivity index (χ3v) is 4.82. The summed E-state index contributed by atoms with van der Waals surface area (Å²) >= 11 is 0. The van der Waals surface area contributed by atoms with Crippen LogP contribution in [0.5, 0.6) is 0 Å². The van der Waals surface area contributed by atoms with E-state index in [0.29, 0.717) is 0 Å². The molecule has 122 valence electrons. The van der Waals surface area contributed by atoms with Crippen LogP contribution in [0, 0.1) is 0 Å². The zero-order valence-corrected chi connectivity index (χ0v) is 13.6. The lowest BCUT2D eigenvalue weighted by molar-refractivity contribution is 0.101. The molecule has 0 fully saturated rings. The summed E-state index contributed by atoms with van der Waals surface area (Å²) in [5.41, 5.74) is 8.49. The highest BCUT2D eigenvalue weighted by Crippen LogP contribution is 2.30. The zero-order chi connectivity index (χ0) is 16.8. The number of carbonyl (C=O) groups excluding carboxylic acids is 1. The van der Waals surface area contributed by atoms with Gasteiger partial charge < -0.3 is 0 Å².